The highest BCUT2D eigenvalue weighted by Gasteiger charge is 2.32. The molecule has 6 nitrogen and oxygen atoms in total. The Morgan fingerprint density at radius 2 is 2.43 bits per heavy atom. The van der Waals surface area contributed by atoms with Gasteiger partial charge in [0, 0.05) is 18.8 Å². The third-order valence-electron chi connectivity index (χ3n) is 3.74. The van der Waals surface area contributed by atoms with Gasteiger partial charge in [0.2, 0.25) is 5.91 Å². The fourth-order valence-corrected chi connectivity index (χ4v) is 2.82. The Morgan fingerprint density at radius 1 is 1.57 bits per heavy atom. The van der Waals surface area contributed by atoms with Gasteiger partial charge in [-0.3, -0.25) is 9.48 Å². The number of nitrogens with zero attached hydrogens (tertiary/aromatic N) is 4. The van der Waals surface area contributed by atoms with Crippen LogP contribution in [0.3, 0.4) is 0 Å². The smallest absolute Gasteiger partial charge is 0.244 e. The van der Waals surface area contributed by atoms with Crippen LogP contribution in [0, 0.1) is 0 Å². The van der Waals surface area contributed by atoms with Gasteiger partial charge in [-0.05, 0) is 19.3 Å². The topological polar surface area (TPSA) is 64.2 Å². The Kier molecular flexibility index (Phi) is 3.96. The molecule has 7 heteroatoms. The molecule has 1 aliphatic heterocycles. The van der Waals surface area contributed by atoms with E-state index in [9.17, 15) is 4.79 Å². The first-order valence-electron chi connectivity index (χ1n) is 7.10. The zero-order valence-corrected chi connectivity index (χ0v) is 12.6. The predicted molar refractivity (Wildman–Crippen MR) is 76.8 cm³/mol. The van der Waals surface area contributed by atoms with Crippen LogP contribution in [-0.4, -0.2) is 32.3 Å². The fraction of sp³-hybridized carbons (Fsp3) is 0.500. The lowest BCUT2D eigenvalue weighted by Gasteiger charge is -2.22. The van der Waals surface area contributed by atoms with Crippen LogP contribution < -0.4 is 0 Å². The van der Waals surface area contributed by atoms with Crippen molar-refractivity contribution >= 4 is 17.5 Å². The summed E-state index contributed by atoms with van der Waals surface area (Å²) in [4.78, 5) is 14.3. The quantitative estimate of drug-likeness (QED) is 0.870. The van der Waals surface area contributed by atoms with Crippen LogP contribution in [0.4, 0.5) is 0 Å². The molecular formula is C14H17ClN4O2. The molecule has 1 amide bonds. The SMILES string of the molecule is CCc1cc(C2CCCN2C(=O)Cn2cc(Cl)cn2)on1. The van der Waals surface area contributed by atoms with Crippen molar-refractivity contribution in [2.24, 2.45) is 0 Å². The van der Waals surface area contributed by atoms with Crippen molar-refractivity contribution in [1.82, 2.24) is 19.8 Å². The van der Waals surface area contributed by atoms with Gasteiger partial charge in [0.15, 0.2) is 5.76 Å². The first kappa shape index (κ1) is 14.1. The Labute approximate surface area is 127 Å². The molecule has 1 aliphatic rings. The van der Waals surface area contributed by atoms with E-state index in [0.717, 1.165) is 37.3 Å². The van der Waals surface area contributed by atoms with Gasteiger partial charge in [0.25, 0.3) is 0 Å². The average Bonchev–Trinajstić information content (AvgIpc) is 3.17. The Balaban J connectivity index is 1.72. The van der Waals surface area contributed by atoms with Gasteiger partial charge in [0.1, 0.15) is 6.54 Å². The predicted octanol–water partition coefficient (Wildman–Crippen LogP) is 2.45. The normalized spacial score (nSPS) is 18.4. The molecule has 0 N–H and O–H groups in total. The van der Waals surface area contributed by atoms with E-state index in [1.165, 1.54) is 6.20 Å². The zero-order chi connectivity index (χ0) is 14.8. The second-order valence-corrected chi connectivity index (χ2v) is 5.61. The van der Waals surface area contributed by atoms with Crippen molar-refractivity contribution in [3.05, 3.63) is 34.9 Å². The molecular weight excluding hydrogens is 292 g/mol. The molecule has 0 aromatic carbocycles. The molecule has 3 heterocycles. The third kappa shape index (κ3) is 2.95. The van der Waals surface area contributed by atoms with Crippen molar-refractivity contribution in [2.45, 2.75) is 38.8 Å². The molecule has 1 unspecified atom stereocenters. The second-order valence-electron chi connectivity index (χ2n) is 5.18. The van der Waals surface area contributed by atoms with Gasteiger partial charge >= 0.3 is 0 Å². The van der Waals surface area contributed by atoms with E-state index in [-0.39, 0.29) is 18.5 Å². The zero-order valence-electron chi connectivity index (χ0n) is 11.8. The number of rotatable bonds is 4. The van der Waals surface area contributed by atoms with Gasteiger partial charge in [-0.1, -0.05) is 23.7 Å². The monoisotopic (exact) mass is 308 g/mol. The maximum Gasteiger partial charge on any atom is 0.244 e. The van der Waals surface area contributed by atoms with E-state index >= 15 is 0 Å². The summed E-state index contributed by atoms with van der Waals surface area (Å²) in [5.74, 6) is 0.794. The van der Waals surface area contributed by atoms with Crippen molar-refractivity contribution < 1.29 is 9.32 Å². The van der Waals surface area contributed by atoms with Gasteiger partial charge in [-0.2, -0.15) is 5.10 Å². The molecule has 0 spiro atoms. The van der Waals surface area contributed by atoms with Crippen LogP contribution in [0.1, 0.15) is 37.3 Å². The van der Waals surface area contributed by atoms with Gasteiger partial charge < -0.3 is 9.42 Å². The summed E-state index contributed by atoms with van der Waals surface area (Å²) in [5, 5.41) is 8.59. The van der Waals surface area contributed by atoms with Crippen LogP contribution >= 0.6 is 11.6 Å². The van der Waals surface area contributed by atoms with E-state index in [4.69, 9.17) is 16.1 Å². The summed E-state index contributed by atoms with van der Waals surface area (Å²) in [6.45, 7) is 2.96. The number of aryl methyl sites for hydroxylation is 1. The minimum atomic E-state index is -0.0173. The lowest BCUT2D eigenvalue weighted by atomic mass is 10.1. The number of halogens is 1. The molecule has 3 rings (SSSR count). The van der Waals surface area contributed by atoms with Crippen LogP contribution in [0.5, 0.6) is 0 Å². The first-order chi connectivity index (χ1) is 10.2. The molecule has 0 bridgehead atoms. The minimum Gasteiger partial charge on any atom is -0.359 e. The van der Waals surface area contributed by atoms with Crippen LogP contribution in [0.15, 0.2) is 23.0 Å². The molecule has 112 valence electrons. The number of carbonyl (C=O) groups excluding carboxylic acids is 1. The highest BCUT2D eigenvalue weighted by molar-refractivity contribution is 6.30. The van der Waals surface area contributed by atoms with Crippen molar-refractivity contribution in [1.29, 1.82) is 0 Å². The summed E-state index contributed by atoms with van der Waals surface area (Å²) in [5.41, 5.74) is 0.920. The summed E-state index contributed by atoms with van der Waals surface area (Å²) in [6.07, 6.45) is 5.88. The minimum absolute atomic E-state index is 0.0173. The molecule has 0 radical (unpaired) electrons. The highest BCUT2D eigenvalue weighted by atomic mass is 35.5. The van der Waals surface area contributed by atoms with E-state index in [2.05, 4.69) is 10.3 Å². The number of hydrogen-bond acceptors (Lipinski definition) is 4. The van der Waals surface area contributed by atoms with Gasteiger partial charge in [0.05, 0.1) is 23.0 Å². The molecule has 0 saturated carbocycles. The summed E-state index contributed by atoms with van der Waals surface area (Å²) in [7, 11) is 0. The Bertz CT molecular complexity index is 636. The lowest BCUT2D eigenvalue weighted by molar-refractivity contribution is -0.133. The fourth-order valence-electron chi connectivity index (χ4n) is 2.67. The van der Waals surface area contributed by atoms with Crippen LogP contribution in [0.25, 0.3) is 0 Å². The Morgan fingerprint density at radius 3 is 3.10 bits per heavy atom. The summed E-state index contributed by atoms with van der Waals surface area (Å²) in [6, 6.07) is 1.93. The molecule has 1 atom stereocenters. The second kappa shape index (κ2) is 5.89. The number of likely N-dealkylation sites (tertiary alicyclic amines) is 1. The maximum absolute atomic E-state index is 12.4. The lowest BCUT2D eigenvalue weighted by Crippen LogP contribution is -2.33. The van der Waals surface area contributed by atoms with Crippen LogP contribution in [-0.2, 0) is 17.8 Å². The van der Waals surface area contributed by atoms with Crippen molar-refractivity contribution in [2.75, 3.05) is 6.54 Å². The summed E-state index contributed by atoms with van der Waals surface area (Å²) < 4.78 is 6.94. The average molecular weight is 309 g/mol. The third-order valence-corrected chi connectivity index (χ3v) is 3.94. The number of amides is 1. The number of carbonyl (C=O) groups is 1. The molecule has 2 aromatic rings. The van der Waals surface area contributed by atoms with E-state index in [1.807, 2.05) is 17.9 Å². The van der Waals surface area contributed by atoms with Crippen LogP contribution in [0.2, 0.25) is 5.02 Å². The largest absolute Gasteiger partial charge is 0.359 e. The van der Waals surface area contributed by atoms with Crippen molar-refractivity contribution in [3.8, 4) is 0 Å². The molecule has 0 aliphatic carbocycles. The van der Waals surface area contributed by atoms with Gasteiger partial charge in [-0.15, -0.1) is 0 Å². The molecule has 1 saturated heterocycles. The standard InChI is InChI=1S/C14H17ClN4O2/c1-2-11-6-13(21-17-11)12-4-3-5-19(12)14(20)9-18-8-10(15)7-16-18/h6-8,12H,2-5,9H2,1H3. The van der Waals surface area contributed by atoms with Gasteiger partial charge in [-0.25, -0.2) is 0 Å². The molecule has 2 aromatic heterocycles. The number of aromatic nitrogens is 3. The summed E-state index contributed by atoms with van der Waals surface area (Å²) >= 11 is 5.82. The van der Waals surface area contributed by atoms with E-state index < -0.39 is 0 Å². The maximum atomic E-state index is 12.4. The molecule has 21 heavy (non-hydrogen) atoms. The highest BCUT2D eigenvalue weighted by Crippen LogP contribution is 2.32. The Hall–Kier alpha value is -1.82. The van der Waals surface area contributed by atoms with Crippen molar-refractivity contribution in [3.63, 3.8) is 0 Å². The van der Waals surface area contributed by atoms with E-state index in [1.54, 1.807) is 10.9 Å². The first-order valence-corrected chi connectivity index (χ1v) is 7.48. The number of hydrogen-bond donors (Lipinski definition) is 0. The van der Waals surface area contributed by atoms with E-state index in [0.29, 0.717) is 5.02 Å². The molecule has 1 fully saturated rings.